The molecule has 5 rings (SSSR count). The summed E-state index contributed by atoms with van der Waals surface area (Å²) in [5, 5.41) is 28.2. The first-order valence-corrected chi connectivity index (χ1v) is 9.57. The number of hydrogen-bond donors (Lipinski definition) is 4. The number of nitrogens with zero attached hydrogens (tertiary/aromatic N) is 2. The molecule has 0 aromatic heterocycles. The molecule has 3 unspecified atom stereocenters. The van der Waals surface area contributed by atoms with Gasteiger partial charge >= 0.3 is 5.97 Å². The number of hydroxylamine groups is 2. The van der Waals surface area contributed by atoms with E-state index >= 15 is 0 Å². The molecule has 1 spiro atoms. The van der Waals surface area contributed by atoms with E-state index in [2.05, 4.69) is 23.8 Å². The number of hydrogen-bond acceptors (Lipinski definition) is 8. The standard InChI is InChI=1S/C20H22F2N4O4/c1-10-23-15(7-27)16-20(26(29)11(2)24-16)18(3)8-19(18,9-25(10)20)30-17(28)12-4-13(21)6-14(22)5-12/h4-6,15-16,23-24,27,29H,1-2,7-9H2,3H3/t15-,16?,18?,19-,20?/m0/s1. The number of carbonyl (C=O) groups is 1. The van der Waals surface area contributed by atoms with Gasteiger partial charge in [-0.25, -0.2) is 18.6 Å². The quantitative estimate of drug-likeness (QED) is 0.535. The number of benzene rings is 1. The van der Waals surface area contributed by atoms with Crippen LogP contribution in [0.25, 0.3) is 0 Å². The molecule has 3 heterocycles. The van der Waals surface area contributed by atoms with E-state index in [1.807, 2.05) is 6.92 Å². The summed E-state index contributed by atoms with van der Waals surface area (Å²) in [6, 6.07) is 1.57. The first-order chi connectivity index (χ1) is 14.1. The van der Waals surface area contributed by atoms with Crippen LogP contribution in [0.1, 0.15) is 23.7 Å². The number of rotatable bonds is 3. The highest BCUT2D eigenvalue weighted by Crippen LogP contribution is 2.74. The molecule has 1 aromatic carbocycles. The first kappa shape index (κ1) is 19.1. The molecule has 10 heteroatoms. The van der Waals surface area contributed by atoms with Crippen LogP contribution in [0.5, 0.6) is 0 Å². The zero-order valence-corrected chi connectivity index (χ0v) is 16.3. The van der Waals surface area contributed by atoms with E-state index in [9.17, 15) is 23.9 Å². The maximum atomic E-state index is 13.6. The van der Waals surface area contributed by atoms with Gasteiger partial charge in [0.2, 0.25) is 0 Å². The van der Waals surface area contributed by atoms with Crippen LogP contribution in [0.3, 0.4) is 0 Å². The third-order valence-electron chi connectivity index (χ3n) is 7.15. The van der Waals surface area contributed by atoms with Gasteiger partial charge in [-0.2, -0.15) is 0 Å². The van der Waals surface area contributed by atoms with Crippen LogP contribution >= 0.6 is 0 Å². The second kappa shape index (κ2) is 5.64. The number of carbonyl (C=O) groups excluding carboxylic acids is 1. The summed E-state index contributed by atoms with van der Waals surface area (Å²) >= 11 is 0. The molecule has 1 saturated carbocycles. The van der Waals surface area contributed by atoms with E-state index in [1.165, 1.54) is 0 Å². The molecule has 0 bridgehead atoms. The minimum absolute atomic E-state index is 0.208. The van der Waals surface area contributed by atoms with E-state index in [0.717, 1.165) is 17.2 Å². The lowest BCUT2D eigenvalue weighted by Crippen LogP contribution is -2.74. The van der Waals surface area contributed by atoms with Gasteiger partial charge in [-0.05, 0) is 12.1 Å². The van der Waals surface area contributed by atoms with Gasteiger partial charge in [-0.1, -0.05) is 20.1 Å². The summed E-state index contributed by atoms with van der Waals surface area (Å²) in [5.74, 6) is -1.89. The van der Waals surface area contributed by atoms with Crippen molar-refractivity contribution in [2.45, 2.75) is 36.7 Å². The van der Waals surface area contributed by atoms with Crippen molar-refractivity contribution in [3.05, 3.63) is 60.2 Å². The minimum Gasteiger partial charge on any atom is -0.453 e. The Balaban J connectivity index is 1.54. The average Bonchev–Trinajstić information content (AvgIpc) is 3.06. The maximum absolute atomic E-state index is 13.6. The zero-order valence-electron chi connectivity index (χ0n) is 16.3. The molecule has 1 aliphatic carbocycles. The number of aliphatic hydroxyl groups is 1. The van der Waals surface area contributed by atoms with Crippen LogP contribution in [0.2, 0.25) is 0 Å². The number of halogens is 2. The third-order valence-corrected chi connectivity index (χ3v) is 7.15. The van der Waals surface area contributed by atoms with Gasteiger partial charge in [-0.3, -0.25) is 5.21 Å². The molecule has 160 valence electrons. The van der Waals surface area contributed by atoms with Crippen molar-refractivity contribution in [1.82, 2.24) is 20.6 Å². The summed E-state index contributed by atoms with van der Waals surface area (Å²) < 4.78 is 33.0. The largest absolute Gasteiger partial charge is 0.453 e. The van der Waals surface area contributed by atoms with Crippen LogP contribution in [0.15, 0.2) is 43.0 Å². The Morgan fingerprint density at radius 2 is 1.93 bits per heavy atom. The van der Waals surface area contributed by atoms with Crippen molar-refractivity contribution < 1.29 is 28.6 Å². The lowest BCUT2D eigenvalue weighted by Gasteiger charge is -2.54. The normalized spacial score (nSPS) is 38.4. The van der Waals surface area contributed by atoms with Crippen LogP contribution < -0.4 is 10.6 Å². The number of ether oxygens (including phenoxy) is 1. The van der Waals surface area contributed by atoms with E-state index in [-0.39, 0.29) is 24.5 Å². The summed E-state index contributed by atoms with van der Waals surface area (Å²) in [4.78, 5) is 14.6. The molecule has 5 atom stereocenters. The second-order valence-electron chi connectivity index (χ2n) is 8.62. The minimum atomic E-state index is -1.10. The third kappa shape index (κ3) is 2.02. The van der Waals surface area contributed by atoms with Gasteiger partial charge in [-0.15, -0.1) is 0 Å². The van der Waals surface area contributed by atoms with Crippen molar-refractivity contribution in [2.75, 3.05) is 13.2 Å². The molecule has 0 amide bonds. The molecular weight excluding hydrogens is 398 g/mol. The van der Waals surface area contributed by atoms with Crippen molar-refractivity contribution >= 4 is 5.97 Å². The zero-order chi connectivity index (χ0) is 21.6. The number of aliphatic hydroxyl groups excluding tert-OH is 1. The molecular formula is C20H22F2N4O4. The Bertz CT molecular complexity index is 985. The maximum Gasteiger partial charge on any atom is 0.338 e. The lowest BCUT2D eigenvalue weighted by molar-refractivity contribution is -0.211. The lowest BCUT2D eigenvalue weighted by atomic mass is 9.79. The molecule has 4 aliphatic rings. The number of nitrogens with one attached hydrogen (secondary N) is 2. The molecule has 0 radical (unpaired) electrons. The van der Waals surface area contributed by atoms with Crippen LogP contribution in [-0.2, 0) is 4.74 Å². The van der Waals surface area contributed by atoms with Crippen molar-refractivity contribution in [3.8, 4) is 0 Å². The SMILES string of the molecule is C=C1NC2[C@H](CO)NC(=C)N3C[C@@]4(OC(=O)c5cc(F)cc(F)c5)CC4(C)C23N1O. The summed E-state index contributed by atoms with van der Waals surface area (Å²) in [7, 11) is 0. The Morgan fingerprint density at radius 3 is 2.57 bits per heavy atom. The fraction of sp³-hybridized carbons (Fsp3) is 0.450. The van der Waals surface area contributed by atoms with E-state index in [1.54, 1.807) is 4.90 Å². The predicted molar refractivity (Wildman–Crippen MR) is 99.5 cm³/mol. The number of piperidine rings is 1. The number of esters is 1. The van der Waals surface area contributed by atoms with Crippen molar-refractivity contribution in [1.29, 1.82) is 0 Å². The number of fused-ring (bicyclic) bond motifs is 1. The van der Waals surface area contributed by atoms with Gasteiger partial charge in [0.05, 0.1) is 42.0 Å². The predicted octanol–water partition coefficient (Wildman–Crippen LogP) is 0.852. The van der Waals surface area contributed by atoms with E-state index < -0.39 is 46.4 Å². The highest BCUT2D eigenvalue weighted by atomic mass is 19.1. The van der Waals surface area contributed by atoms with E-state index in [4.69, 9.17) is 4.74 Å². The van der Waals surface area contributed by atoms with Crippen molar-refractivity contribution in [3.63, 3.8) is 0 Å². The second-order valence-corrected chi connectivity index (χ2v) is 8.62. The van der Waals surface area contributed by atoms with Gasteiger partial charge in [0.1, 0.15) is 23.1 Å². The fourth-order valence-electron chi connectivity index (χ4n) is 5.73. The molecule has 1 aromatic rings. The summed E-state index contributed by atoms with van der Waals surface area (Å²) in [5.41, 5.74) is -3.12. The average molecular weight is 420 g/mol. The first-order valence-electron chi connectivity index (χ1n) is 9.57. The fourth-order valence-corrected chi connectivity index (χ4v) is 5.73. The summed E-state index contributed by atoms with van der Waals surface area (Å²) in [6.45, 7) is 9.72. The molecule has 4 fully saturated rings. The topological polar surface area (TPSA) is 97.3 Å². The van der Waals surface area contributed by atoms with Gasteiger partial charge in [0.25, 0.3) is 0 Å². The summed E-state index contributed by atoms with van der Waals surface area (Å²) in [6.07, 6.45) is 0.411. The molecule has 8 nitrogen and oxygen atoms in total. The highest BCUT2D eigenvalue weighted by Gasteiger charge is 2.89. The Kier molecular flexibility index (Phi) is 3.60. The van der Waals surface area contributed by atoms with Gasteiger partial charge < -0.3 is 25.4 Å². The molecule has 3 aliphatic heterocycles. The van der Waals surface area contributed by atoms with E-state index in [0.29, 0.717) is 18.3 Å². The highest BCUT2D eigenvalue weighted by molar-refractivity contribution is 5.90. The van der Waals surface area contributed by atoms with Gasteiger partial charge in [0.15, 0.2) is 5.66 Å². The van der Waals surface area contributed by atoms with Crippen LogP contribution in [0, 0.1) is 17.0 Å². The Hall–Kier alpha value is -2.85. The van der Waals surface area contributed by atoms with Crippen molar-refractivity contribution in [2.24, 2.45) is 5.41 Å². The Morgan fingerprint density at radius 1 is 1.27 bits per heavy atom. The Labute approximate surface area is 171 Å². The molecule has 3 saturated heterocycles. The molecule has 4 N–H and O–H groups in total. The van der Waals surface area contributed by atoms with Crippen LogP contribution in [0.4, 0.5) is 8.78 Å². The smallest absolute Gasteiger partial charge is 0.338 e. The van der Waals surface area contributed by atoms with Crippen LogP contribution in [-0.4, -0.2) is 62.7 Å². The van der Waals surface area contributed by atoms with Gasteiger partial charge in [0, 0.05) is 12.5 Å². The monoisotopic (exact) mass is 420 g/mol. The molecule has 30 heavy (non-hydrogen) atoms.